The largest absolute Gasteiger partial charge is 0.506 e. The molecule has 0 aliphatic carbocycles. The van der Waals surface area contributed by atoms with E-state index in [-0.39, 0.29) is 5.75 Å². The maximum absolute atomic E-state index is 9.58. The number of benzene rings is 1. The number of rotatable bonds is 5. The summed E-state index contributed by atoms with van der Waals surface area (Å²) in [6.07, 6.45) is 2.37. The molecule has 1 aromatic carbocycles. The number of aromatic hydroxyl groups is 1. The summed E-state index contributed by atoms with van der Waals surface area (Å²) in [5.74, 6) is 0.255. The van der Waals surface area contributed by atoms with Crippen LogP contribution >= 0.6 is 31.9 Å². The van der Waals surface area contributed by atoms with Gasteiger partial charge < -0.3 is 10.4 Å². The summed E-state index contributed by atoms with van der Waals surface area (Å²) in [4.78, 5) is 0. The Morgan fingerprint density at radius 1 is 1.31 bits per heavy atom. The molecule has 0 aromatic heterocycles. The van der Waals surface area contributed by atoms with E-state index in [2.05, 4.69) is 51.0 Å². The lowest BCUT2D eigenvalue weighted by molar-refractivity contribution is 0.467. The summed E-state index contributed by atoms with van der Waals surface area (Å²) in [6, 6.07) is 4.40. The van der Waals surface area contributed by atoms with Gasteiger partial charge in [-0.15, -0.1) is 0 Å². The molecule has 16 heavy (non-hydrogen) atoms. The van der Waals surface area contributed by atoms with E-state index in [0.717, 1.165) is 21.1 Å². The molecular formula is C12H17Br2NO. The van der Waals surface area contributed by atoms with Crippen molar-refractivity contribution in [3.05, 3.63) is 26.6 Å². The Labute approximate surface area is 114 Å². The van der Waals surface area contributed by atoms with E-state index >= 15 is 0 Å². The number of hydrogen-bond acceptors (Lipinski definition) is 2. The van der Waals surface area contributed by atoms with Crippen molar-refractivity contribution in [2.45, 2.75) is 39.3 Å². The standard InChI is InChI=1S/C12H17Br2NO/c1-3-4-8(2)15-7-9-5-10(13)12(16)11(14)6-9/h5-6,8,15-16H,3-4,7H2,1-2H3. The molecule has 0 aliphatic heterocycles. The van der Waals surface area contributed by atoms with Crippen LogP contribution in [0.5, 0.6) is 5.75 Å². The van der Waals surface area contributed by atoms with Crippen molar-refractivity contribution in [2.24, 2.45) is 0 Å². The van der Waals surface area contributed by atoms with Crippen LogP contribution < -0.4 is 5.32 Å². The predicted molar refractivity (Wildman–Crippen MR) is 74.7 cm³/mol. The first-order valence-electron chi connectivity index (χ1n) is 5.44. The Balaban J connectivity index is 2.61. The fourth-order valence-electron chi connectivity index (χ4n) is 1.55. The molecule has 4 heteroatoms. The van der Waals surface area contributed by atoms with Crippen molar-refractivity contribution in [3.63, 3.8) is 0 Å². The summed E-state index contributed by atoms with van der Waals surface area (Å²) in [5.41, 5.74) is 1.15. The van der Waals surface area contributed by atoms with Crippen LogP contribution in [-0.2, 0) is 6.54 Å². The maximum atomic E-state index is 9.58. The Hall–Kier alpha value is -0.0600. The van der Waals surface area contributed by atoms with Crippen molar-refractivity contribution >= 4 is 31.9 Å². The van der Waals surface area contributed by atoms with Crippen LogP contribution in [0, 0.1) is 0 Å². The van der Waals surface area contributed by atoms with E-state index in [1.165, 1.54) is 12.8 Å². The molecule has 2 N–H and O–H groups in total. The van der Waals surface area contributed by atoms with Gasteiger partial charge in [-0.3, -0.25) is 0 Å². The molecule has 0 fully saturated rings. The first-order chi connectivity index (χ1) is 7.54. The molecule has 1 unspecified atom stereocenters. The third-order valence-electron chi connectivity index (χ3n) is 2.45. The van der Waals surface area contributed by atoms with E-state index in [1.807, 2.05) is 12.1 Å². The van der Waals surface area contributed by atoms with Crippen molar-refractivity contribution < 1.29 is 5.11 Å². The first kappa shape index (κ1) is 14.0. The first-order valence-corrected chi connectivity index (χ1v) is 7.03. The van der Waals surface area contributed by atoms with Crippen molar-refractivity contribution in [3.8, 4) is 5.75 Å². The maximum Gasteiger partial charge on any atom is 0.143 e. The van der Waals surface area contributed by atoms with E-state index in [9.17, 15) is 5.11 Å². The second-order valence-electron chi connectivity index (χ2n) is 3.98. The lowest BCUT2D eigenvalue weighted by atomic mass is 10.1. The highest BCUT2D eigenvalue weighted by Gasteiger charge is 2.06. The van der Waals surface area contributed by atoms with Crippen LogP contribution in [0.25, 0.3) is 0 Å². The van der Waals surface area contributed by atoms with Gasteiger partial charge in [-0.2, -0.15) is 0 Å². The minimum Gasteiger partial charge on any atom is -0.506 e. The summed E-state index contributed by atoms with van der Waals surface area (Å²) in [6.45, 7) is 5.19. The van der Waals surface area contributed by atoms with Crippen LogP contribution in [0.4, 0.5) is 0 Å². The SMILES string of the molecule is CCCC(C)NCc1cc(Br)c(O)c(Br)c1. The lowest BCUT2D eigenvalue weighted by Gasteiger charge is -2.13. The minimum absolute atomic E-state index is 0.255. The third-order valence-corrected chi connectivity index (χ3v) is 3.66. The van der Waals surface area contributed by atoms with E-state index in [1.54, 1.807) is 0 Å². The van der Waals surface area contributed by atoms with Crippen LogP contribution in [0.15, 0.2) is 21.1 Å². The summed E-state index contributed by atoms with van der Waals surface area (Å²) < 4.78 is 1.45. The van der Waals surface area contributed by atoms with Gasteiger partial charge in [-0.25, -0.2) is 0 Å². The number of halogens is 2. The lowest BCUT2D eigenvalue weighted by Crippen LogP contribution is -2.25. The molecule has 0 saturated carbocycles. The predicted octanol–water partition coefficient (Wildman–Crippen LogP) is 4.20. The molecule has 0 amide bonds. The quantitative estimate of drug-likeness (QED) is 0.834. The van der Waals surface area contributed by atoms with Gasteiger partial charge in [-0.05, 0) is 62.9 Å². The van der Waals surface area contributed by atoms with Crippen LogP contribution in [0.1, 0.15) is 32.3 Å². The third kappa shape index (κ3) is 4.07. The average Bonchev–Trinajstić information content (AvgIpc) is 2.23. The monoisotopic (exact) mass is 349 g/mol. The van der Waals surface area contributed by atoms with E-state index in [4.69, 9.17) is 0 Å². The highest BCUT2D eigenvalue weighted by molar-refractivity contribution is 9.11. The minimum atomic E-state index is 0.255. The molecular weight excluding hydrogens is 334 g/mol. The van der Waals surface area contributed by atoms with Crippen LogP contribution in [0.2, 0.25) is 0 Å². The van der Waals surface area contributed by atoms with E-state index in [0.29, 0.717) is 6.04 Å². The molecule has 0 saturated heterocycles. The molecule has 0 radical (unpaired) electrons. The normalized spacial score (nSPS) is 12.8. The van der Waals surface area contributed by atoms with Gasteiger partial charge in [0.25, 0.3) is 0 Å². The van der Waals surface area contributed by atoms with Gasteiger partial charge in [0.15, 0.2) is 0 Å². The number of hydrogen-bond donors (Lipinski definition) is 2. The summed E-state index contributed by atoms with van der Waals surface area (Å²) in [5, 5.41) is 13.0. The van der Waals surface area contributed by atoms with Crippen molar-refractivity contribution in [2.75, 3.05) is 0 Å². The smallest absolute Gasteiger partial charge is 0.143 e. The zero-order chi connectivity index (χ0) is 12.1. The van der Waals surface area contributed by atoms with Gasteiger partial charge in [0.2, 0.25) is 0 Å². The Kier molecular flexibility index (Phi) is 5.79. The number of phenolic OH excluding ortho intramolecular Hbond substituents is 1. The molecule has 0 heterocycles. The molecule has 0 bridgehead atoms. The van der Waals surface area contributed by atoms with Crippen molar-refractivity contribution in [1.29, 1.82) is 0 Å². The fraction of sp³-hybridized carbons (Fsp3) is 0.500. The van der Waals surface area contributed by atoms with E-state index < -0.39 is 0 Å². The van der Waals surface area contributed by atoms with Gasteiger partial charge >= 0.3 is 0 Å². The molecule has 1 aromatic rings. The van der Waals surface area contributed by atoms with Gasteiger partial charge in [0.05, 0.1) is 8.95 Å². The van der Waals surface area contributed by atoms with Gasteiger partial charge in [0.1, 0.15) is 5.75 Å². The van der Waals surface area contributed by atoms with Crippen LogP contribution in [0.3, 0.4) is 0 Å². The second kappa shape index (κ2) is 6.62. The highest BCUT2D eigenvalue weighted by atomic mass is 79.9. The topological polar surface area (TPSA) is 32.3 Å². The zero-order valence-corrected chi connectivity index (χ0v) is 12.7. The molecule has 90 valence electrons. The molecule has 1 rings (SSSR count). The summed E-state index contributed by atoms with van der Waals surface area (Å²) >= 11 is 6.65. The molecule has 0 aliphatic rings. The molecule has 0 spiro atoms. The summed E-state index contributed by atoms with van der Waals surface area (Å²) in [7, 11) is 0. The average molecular weight is 351 g/mol. The zero-order valence-electron chi connectivity index (χ0n) is 9.56. The Morgan fingerprint density at radius 3 is 2.38 bits per heavy atom. The molecule has 1 atom stereocenters. The van der Waals surface area contributed by atoms with Crippen LogP contribution in [-0.4, -0.2) is 11.1 Å². The van der Waals surface area contributed by atoms with Gasteiger partial charge in [-0.1, -0.05) is 13.3 Å². The second-order valence-corrected chi connectivity index (χ2v) is 5.69. The fourth-order valence-corrected chi connectivity index (χ4v) is 2.83. The van der Waals surface area contributed by atoms with Gasteiger partial charge in [0, 0.05) is 12.6 Å². The molecule has 2 nitrogen and oxygen atoms in total. The highest BCUT2D eigenvalue weighted by Crippen LogP contribution is 2.33. The van der Waals surface area contributed by atoms with Crippen molar-refractivity contribution in [1.82, 2.24) is 5.32 Å². The Morgan fingerprint density at radius 2 is 1.88 bits per heavy atom. The number of phenols is 1. The number of nitrogens with one attached hydrogen (secondary N) is 1. The Bertz CT molecular complexity index is 332.